The monoisotopic (exact) mass is 303 g/mol. The Kier molecular flexibility index (Phi) is 4.95. The van der Waals surface area contributed by atoms with Crippen LogP contribution in [0.1, 0.15) is 10.4 Å². The van der Waals surface area contributed by atoms with Gasteiger partial charge in [-0.2, -0.15) is 0 Å². The van der Waals surface area contributed by atoms with Crippen LogP contribution in [0, 0.1) is 0 Å². The first-order chi connectivity index (χ1) is 10.1. The van der Waals surface area contributed by atoms with E-state index in [-0.39, 0.29) is 18.1 Å². The van der Waals surface area contributed by atoms with Crippen molar-refractivity contribution in [3.8, 4) is 0 Å². The van der Waals surface area contributed by atoms with Crippen molar-refractivity contribution in [1.29, 1.82) is 0 Å². The molecule has 2 aromatic carbocycles. The molecule has 0 aliphatic carbocycles. The van der Waals surface area contributed by atoms with Gasteiger partial charge in [0.05, 0.1) is 10.6 Å². The predicted octanol–water partition coefficient (Wildman–Crippen LogP) is 3.16. The third-order valence-corrected chi connectivity index (χ3v) is 3.27. The normalized spacial score (nSPS) is 10.0. The first-order valence-electron chi connectivity index (χ1n) is 6.33. The number of esters is 1. The van der Waals surface area contributed by atoms with Crippen LogP contribution in [0.5, 0.6) is 0 Å². The Morgan fingerprint density at radius 2 is 1.67 bits per heavy atom. The summed E-state index contributed by atoms with van der Waals surface area (Å²) in [6, 6.07) is 15.7. The molecule has 0 aliphatic rings. The van der Waals surface area contributed by atoms with E-state index in [1.54, 1.807) is 43.4 Å². The average molecular weight is 304 g/mol. The lowest BCUT2D eigenvalue weighted by Gasteiger charge is -2.17. The SMILES string of the molecule is CN(C(=O)COC(=O)c1ccccc1Cl)c1ccccc1. The van der Waals surface area contributed by atoms with Gasteiger partial charge in [0.25, 0.3) is 5.91 Å². The topological polar surface area (TPSA) is 46.6 Å². The zero-order valence-corrected chi connectivity index (χ0v) is 12.2. The lowest BCUT2D eigenvalue weighted by atomic mass is 10.2. The Morgan fingerprint density at radius 3 is 2.33 bits per heavy atom. The van der Waals surface area contributed by atoms with E-state index >= 15 is 0 Å². The van der Waals surface area contributed by atoms with E-state index in [4.69, 9.17) is 16.3 Å². The predicted molar refractivity (Wildman–Crippen MR) is 81.6 cm³/mol. The molecule has 0 bridgehead atoms. The van der Waals surface area contributed by atoms with Crippen LogP contribution < -0.4 is 4.90 Å². The Hall–Kier alpha value is -2.33. The largest absolute Gasteiger partial charge is 0.452 e. The quantitative estimate of drug-likeness (QED) is 0.815. The van der Waals surface area contributed by atoms with Crippen LogP contribution in [-0.2, 0) is 9.53 Å². The third kappa shape index (κ3) is 3.83. The van der Waals surface area contributed by atoms with Crippen molar-refractivity contribution >= 4 is 29.2 Å². The zero-order valence-electron chi connectivity index (χ0n) is 11.5. The second-order valence-corrected chi connectivity index (χ2v) is 4.75. The smallest absolute Gasteiger partial charge is 0.340 e. The van der Waals surface area contributed by atoms with Gasteiger partial charge in [-0.15, -0.1) is 0 Å². The number of benzene rings is 2. The molecular weight excluding hydrogens is 290 g/mol. The van der Waals surface area contributed by atoms with Gasteiger partial charge in [0.1, 0.15) is 0 Å². The number of likely N-dealkylation sites (N-methyl/N-ethyl adjacent to an activating group) is 1. The molecule has 2 aromatic rings. The average Bonchev–Trinajstić information content (AvgIpc) is 2.52. The number of amides is 1. The highest BCUT2D eigenvalue weighted by Crippen LogP contribution is 2.16. The van der Waals surface area contributed by atoms with Crippen LogP contribution in [0.3, 0.4) is 0 Å². The van der Waals surface area contributed by atoms with Gasteiger partial charge >= 0.3 is 5.97 Å². The first kappa shape index (κ1) is 15.1. The Balaban J connectivity index is 1.95. The minimum Gasteiger partial charge on any atom is -0.452 e. The van der Waals surface area contributed by atoms with Crippen LogP contribution in [-0.4, -0.2) is 25.5 Å². The van der Waals surface area contributed by atoms with Gasteiger partial charge in [-0.3, -0.25) is 4.79 Å². The van der Waals surface area contributed by atoms with E-state index in [1.165, 1.54) is 4.90 Å². The molecule has 0 atom stereocenters. The van der Waals surface area contributed by atoms with Crippen molar-refractivity contribution in [1.82, 2.24) is 0 Å². The van der Waals surface area contributed by atoms with E-state index in [2.05, 4.69) is 0 Å². The highest BCUT2D eigenvalue weighted by Gasteiger charge is 2.16. The van der Waals surface area contributed by atoms with Crippen LogP contribution >= 0.6 is 11.6 Å². The summed E-state index contributed by atoms with van der Waals surface area (Å²) >= 11 is 5.90. The second kappa shape index (κ2) is 6.90. The molecule has 4 nitrogen and oxygen atoms in total. The minimum absolute atomic E-state index is 0.245. The van der Waals surface area contributed by atoms with Gasteiger partial charge in [0, 0.05) is 12.7 Å². The highest BCUT2D eigenvalue weighted by atomic mass is 35.5. The highest BCUT2D eigenvalue weighted by molar-refractivity contribution is 6.33. The molecule has 21 heavy (non-hydrogen) atoms. The molecule has 0 radical (unpaired) electrons. The van der Waals surface area contributed by atoms with E-state index in [0.29, 0.717) is 5.02 Å². The molecule has 0 spiro atoms. The van der Waals surface area contributed by atoms with Crippen molar-refractivity contribution in [2.45, 2.75) is 0 Å². The number of hydrogen-bond acceptors (Lipinski definition) is 3. The molecule has 0 saturated carbocycles. The molecule has 0 aliphatic heterocycles. The number of rotatable bonds is 4. The number of carbonyl (C=O) groups excluding carboxylic acids is 2. The maximum atomic E-state index is 12.0. The lowest BCUT2D eigenvalue weighted by molar-refractivity contribution is -0.121. The Morgan fingerprint density at radius 1 is 1.05 bits per heavy atom. The van der Waals surface area contributed by atoms with Crippen LogP contribution in [0.2, 0.25) is 5.02 Å². The number of para-hydroxylation sites is 1. The Labute approximate surface area is 127 Å². The van der Waals surface area contributed by atoms with E-state index < -0.39 is 5.97 Å². The lowest BCUT2D eigenvalue weighted by Crippen LogP contribution is -2.31. The van der Waals surface area contributed by atoms with Gasteiger partial charge in [0.2, 0.25) is 0 Å². The van der Waals surface area contributed by atoms with E-state index in [1.807, 2.05) is 18.2 Å². The summed E-state index contributed by atoms with van der Waals surface area (Å²) in [5.41, 5.74) is 0.977. The zero-order chi connectivity index (χ0) is 15.2. The maximum Gasteiger partial charge on any atom is 0.340 e. The molecule has 0 fully saturated rings. The molecule has 5 heteroatoms. The standard InChI is InChI=1S/C16H14ClNO3/c1-18(12-7-3-2-4-8-12)15(19)11-21-16(20)13-9-5-6-10-14(13)17/h2-10H,11H2,1H3. The van der Waals surface area contributed by atoms with Crippen LogP contribution in [0.25, 0.3) is 0 Å². The van der Waals surface area contributed by atoms with Crippen molar-refractivity contribution < 1.29 is 14.3 Å². The summed E-state index contributed by atoms with van der Waals surface area (Å²) in [5.74, 6) is -0.933. The molecule has 0 aromatic heterocycles. The molecule has 0 heterocycles. The van der Waals surface area contributed by atoms with Crippen molar-refractivity contribution in [3.63, 3.8) is 0 Å². The van der Waals surface area contributed by atoms with Crippen molar-refractivity contribution in [2.24, 2.45) is 0 Å². The van der Waals surface area contributed by atoms with Crippen LogP contribution in [0.15, 0.2) is 54.6 Å². The van der Waals surface area contributed by atoms with E-state index in [9.17, 15) is 9.59 Å². The number of halogens is 1. The Bertz CT molecular complexity index is 643. The minimum atomic E-state index is -0.615. The molecule has 1 amide bonds. The number of nitrogens with zero attached hydrogens (tertiary/aromatic N) is 1. The molecule has 0 N–H and O–H groups in total. The van der Waals surface area contributed by atoms with Crippen molar-refractivity contribution in [2.75, 3.05) is 18.6 Å². The van der Waals surface area contributed by atoms with Gasteiger partial charge in [0.15, 0.2) is 6.61 Å². The molecule has 108 valence electrons. The molecular formula is C16H14ClNO3. The summed E-state index contributed by atoms with van der Waals surface area (Å²) in [5, 5.41) is 0.298. The van der Waals surface area contributed by atoms with Gasteiger partial charge in [-0.1, -0.05) is 41.9 Å². The summed E-state index contributed by atoms with van der Waals surface area (Å²) in [6.07, 6.45) is 0. The number of anilines is 1. The maximum absolute atomic E-state index is 12.0. The number of ether oxygens (including phenoxy) is 1. The fourth-order valence-corrected chi connectivity index (χ4v) is 1.94. The van der Waals surface area contributed by atoms with E-state index in [0.717, 1.165) is 5.69 Å². The van der Waals surface area contributed by atoms with Gasteiger partial charge in [-0.05, 0) is 24.3 Å². The van der Waals surface area contributed by atoms with Gasteiger partial charge < -0.3 is 9.64 Å². The first-order valence-corrected chi connectivity index (χ1v) is 6.70. The number of hydrogen-bond donors (Lipinski definition) is 0. The molecule has 2 rings (SSSR count). The summed E-state index contributed by atoms with van der Waals surface area (Å²) < 4.78 is 5.00. The fourth-order valence-electron chi connectivity index (χ4n) is 1.72. The summed E-state index contributed by atoms with van der Waals surface area (Å²) in [4.78, 5) is 25.3. The van der Waals surface area contributed by atoms with Gasteiger partial charge in [-0.25, -0.2) is 4.79 Å². The summed E-state index contributed by atoms with van der Waals surface area (Å²) in [6.45, 7) is -0.338. The molecule has 0 saturated heterocycles. The second-order valence-electron chi connectivity index (χ2n) is 4.34. The van der Waals surface area contributed by atoms with Crippen LogP contribution in [0.4, 0.5) is 5.69 Å². The number of carbonyl (C=O) groups is 2. The fraction of sp³-hybridized carbons (Fsp3) is 0.125. The molecule has 0 unspecified atom stereocenters. The third-order valence-electron chi connectivity index (χ3n) is 2.94. The summed E-state index contributed by atoms with van der Waals surface area (Å²) in [7, 11) is 1.63. The van der Waals surface area contributed by atoms with Crippen molar-refractivity contribution in [3.05, 3.63) is 65.2 Å².